The molecule has 1 unspecified atom stereocenters. The van der Waals surface area contributed by atoms with E-state index in [0.717, 1.165) is 24.1 Å². The lowest BCUT2D eigenvalue weighted by molar-refractivity contribution is 0.0688. The molecule has 0 saturated heterocycles. The highest BCUT2D eigenvalue weighted by molar-refractivity contribution is 5.87. The van der Waals surface area contributed by atoms with Crippen LogP contribution in [0.3, 0.4) is 0 Å². The Bertz CT molecular complexity index is 868. The van der Waals surface area contributed by atoms with Crippen molar-refractivity contribution in [1.29, 1.82) is 0 Å². The van der Waals surface area contributed by atoms with Gasteiger partial charge in [-0.25, -0.2) is 9.78 Å². The molecule has 0 fully saturated rings. The third kappa shape index (κ3) is 3.69. The minimum atomic E-state index is -1.01. The number of H-pyrrole nitrogens is 1. The number of aromatic carboxylic acids is 1. The van der Waals surface area contributed by atoms with Crippen LogP contribution in [-0.2, 0) is 25.9 Å². The molecule has 1 aliphatic carbocycles. The molecule has 1 atom stereocenters. The average Bonchev–Trinajstić information content (AvgIpc) is 2.91. The van der Waals surface area contributed by atoms with Gasteiger partial charge in [-0.2, -0.15) is 5.10 Å². The van der Waals surface area contributed by atoms with E-state index in [9.17, 15) is 14.7 Å². The van der Waals surface area contributed by atoms with Crippen LogP contribution in [0.1, 0.15) is 39.7 Å². The highest BCUT2D eigenvalue weighted by Gasteiger charge is 2.28. The summed E-state index contributed by atoms with van der Waals surface area (Å²) in [7, 11) is 0. The largest absolute Gasteiger partial charge is 0.476 e. The number of aryl methyl sites for hydroxylation is 1. The number of carbonyl (C=O) groups is 1. The van der Waals surface area contributed by atoms with Gasteiger partial charge in [0.1, 0.15) is 5.82 Å². The number of hydrogen-bond donors (Lipinski definition) is 3. The number of carboxylic acids is 1. The molecule has 8 nitrogen and oxygen atoms in total. The maximum Gasteiger partial charge on any atom is 0.356 e. The third-order valence-corrected chi connectivity index (χ3v) is 4.33. The predicted molar refractivity (Wildman–Crippen MR) is 91.6 cm³/mol. The normalized spacial score (nSPS) is 16.4. The Labute approximate surface area is 144 Å². The number of fused-ring (bicyclic) bond motifs is 1. The number of rotatable bonds is 6. The fraction of sp³-hybridized carbons (Fsp3) is 0.412. The summed E-state index contributed by atoms with van der Waals surface area (Å²) in [5.74, 6) is -0.430. The summed E-state index contributed by atoms with van der Waals surface area (Å²) >= 11 is 0. The van der Waals surface area contributed by atoms with Crippen LogP contribution in [0, 0.1) is 6.92 Å². The van der Waals surface area contributed by atoms with Crippen molar-refractivity contribution in [2.45, 2.75) is 45.3 Å². The Morgan fingerprint density at radius 3 is 3.08 bits per heavy atom. The summed E-state index contributed by atoms with van der Waals surface area (Å²) in [6.07, 6.45) is 3.91. The number of aromatic nitrogens is 4. The van der Waals surface area contributed by atoms with Gasteiger partial charge in [-0.3, -0.25) is 9.48 Å². The first-order valence-electron chi connectivity index (χ1n) is 8.21. The van der Waals surface area contributed by atoms with Crippen LogP contribution >= 0.6 is 0 Å². The topological polar surface area (TPSA) is 113 Å². The monoisotopic (exact) mass is 343 g/mol. The molecule has 2 heterocycles. The van der Waals surface area contributed by atoms with Crippen LogP contribution in [0.2, 0.25) is 0 Å². The Hall–Kier alpha value is -2.74. The Morgan fingerprint density at radius 1 is 1.60 bits per heavy atom. The predicted octanol–water partition coefficient (Wildman–Crippen LogP) is 0.806. The Balaban J connectivity index is 1.75. The van der Waals surface area contributed by atoms with Crippen LogP contribution in [0.25, 0.3) is 0 Å². The van der Waals surface area contributed by atoms with E-state index in [2.05, 4.69) is 27.0 Å². The van der Waals surface area contributed by atoms with Gasteiger partial charge in [0.25, 0.3) is 5.56 Å². The summed E-state index contributed by atoms with van der Waals surface area (Å²) in [5, 5.41) is 17.0. The lowest BCUT2D eigenvalue weighted by Gasteiger charge is -2.24. The second-order valence-corrected chi connectivity index (χ2v) is 6.20. The van der Waals surface area contributed by atoms with Crippen molar-refractivity contribution in [3.8, 4) is 0 Å². The third-order valence-electron chi connectivity index (χ3n) is 4.33. The molecule has 0 spiro atoms. The molecule has 0 amide bonds. The minimum absolute atomic E-state index is 0.109. The van der Waals surface area contributed by atoms with E-state index < -0.39 is 5.97 Å². The first-order chi connectivity index (χ1) is 12.0. The second-order valence-electron chi connectivity index (χ2n) is 6.20. The van der Waals surface area contributed by atoms with Crippen molar-refractivity contribution in [3.05, 3.63) is 57.5 Å². The molecule has 0 saturated carbocycles. The van der Waals surface area contributed by atoms with E-state index >= 15 is 0 Å². The van der Waals surface area contributed by atoms with Gasteiger partial charge >= 0.3 is 5.97 Å². The average molecular weight is 343 g/mol. The van der Waals surface area contributed by atoms with Gasteiger partial charge in [-0.1, -0.05) is 6.08 Å². The zero-order chi connectivity index (χ0) is 18.0. The SMILES string of the molecule is C=CCn1nc(C(=O)O)c2c1CCC(NCc1nc(C)cc(=O)[nH]1)C2. The standard InChI is InChI=1S/C17H21N5O3/c1-3-6-22-13-5-4-11(8-12(13)16(21-22)17(24)25)18-9-14-19-10(2)7-15(23)20-14/h3,7,11,18H,1,4-6,8-9H2,2H3,(H,24,25)(H,19,20,23). The van der Waals surface area contributed by atoms with Gasteiger partial charge < -0.3 is 15.4 Å². The molecule has 132 valence electrons. The number of hydrogen-bond acceptors (Lipinski definition) is 5. The molecule has 2 aromatic heterocycles. The summed E-state index contributed by atoms with van der Waals surface area (Å²) in [6, 6.07) is 1.56. The van der Waals surface area contributed by atoms with Crippen molar-refractivity contribution in [1.82, 2.24) is 25.1 Å². The summed E-state index contributed by atoms with van der Waals surface area (Å²) in [6.45, 7) is 6.40. The molecule has 0 aliphatic heterocycles. The van der Waals surface area contributed by atoms with E-state index in [1.54, 1.807) is 17.7 Å². The summed E-state index contributed by atoms with van der Waals surface area (Å²) < 4.78 is 1.72. The molecular formula is C17H21N5O3. The van der Waals surface area contributed by atoms with Crippen LogP contribution in [-0.4, -0.2) is 36.9 Å². The maximum atomic E-state index is 11.5. The van der Waals surface area contributed by atoms with Gasteiger partial charge in [0, 0.05) is 29.1 Å². The fourth-order valence-electron chi connectivity index (χ4n) is 3.27. The van der Waals surface area contributed by atoms with Crippen LogP contribution in [0.15, 0.2) is 23.5 Å². The molecule has 0 radical (unpaired) electrons. The first-order valence-corrected chi connectivity index (χ1v) is 8.21. The molecule has 0 aromatic carbocycles. The van der Waals surface area contributed by atoms with Crippen LogP contribution < -0.4 is 10.9 Å². The Morgan fingerprint density at radius 2 is 2.40 bits per heavy atom. The lowest BCUT2D eigenvalue weighted by atomic mass is 9.91. The zero-order valence-electron chi connectivity index (χ0n) is 14.1. The smallest absolute Gasteiger partial charge is 0.356 e. The maximum absolute atomic E-state index is 11.5. The van der Waals surface area contributed by atoms with E-state index in [4.69, 9.17) is 0 Å². The van der Waals surface area contributed by atoms with E-state index in [1.807, 2.05) is 0 Å². The van der Waals surface area contributed by atoms with E-state index in [1.165, 1.54) is 6.07 Å². The number of nitrogens with zero attached hydrogens (tertiary/aromatic N) is 3. The van der Waals surface area contributed by atoms with E-state index in [-0.39, 0.29) is 17.3 Å². The minimum Gasteiger partial charge on any atom is -0.476 e. The van der Waals surface area contributed by atoms with Gasteiger partial charge in [0.05, 0.1) is 13.1 Å². The zero-order valence-corrected chi connectivity index (χ0v) is 14.1. The highest BCUT2D eigenvalue weighted by atomic mass is 16.4. The van der Waals surface area contributed by atoms with Crippen molar-refractivity contribution in [2.75, 3.05) is 0 Å². The molecular weight excluding hydrogens is 322 g/mol. The second kappa shape index (κ2) is 7.02. The van der Waals surface area contributed by atoms with Crippen molar-refractivity contribution >= 4 is 5.97 Å². The van der Waals surface area contributed by atoms with Crippen molar-refractivity contribution in [3.63, 3.8) is 0 Å². The van der Waals surface area contributed by atoms with Crippen molar-refractivity contribution in [2.24, 2.45) is 0 Å². The first kappa shape index (κ1) is 17.1. The Kier molecular flexibility index (Phi) is 4.80. The molecule has 1 aliphatic rings. The van der Waals surface area contributed by atoms with Gasteiger partial charge in [-0.05, 0) is 26.2 Å². The van der Waals surface area contributed by atoms with Crippen LogP contribution in [0.4, 0.5) is 0 Å². The number of allylic oxidation sites excluding steroid dienone is 1. The number of carboxylic acid groups (broad SMARTS) is 1. The van der Waals surface area contributed by atoms with Crippen molar-refractivity contribution < 1.29 is 9.90 Å². The number of nitrogens with one attached hydrogen (secondary N) is 2. The van der Waals surface area contributed by atoms with E-state index in [0.29, 0.717) is 31.0 Å². The van der Waals surface area contributed by atoms with Crippen LogP contribution in [0.5, 0.6) is 0 Å². The van der Waals surface area contributed by atoms with Gasteiger partial charge in [0.15, 0.2) is 5.69 Å². The highest BCUT2D eigenvalue weighted by Crippen LogP contribution is 2.25. The summed E-state index contributed by atoms with van der Waals surface area (Å²) in [4.78, 5) is 30.0. The molecule has 8 heteroatoms. The van der Waals surface area contributed by atoms with Gasteiger partial charge in [0.2, 0.25) is 0 Å². The summed E-state index contributed by atoms with van der Waals surface area (Å²) in [5.41, 5.74) is 2.37. The molecule has 25 heavy (non-hydrogen) atoms. The quantitative estimate of drug-likeness (QED) is 0.669. The lowest BCUT2D eigenvalue weighted by Crippen LogP contribution is -2.35. The fourth-order valence-corrected chi connectivity index (χ4v) is 3.27. The molecule has 3 N–H and O–H groups in total. The molecule has 3 rings (SSSR count). The van der Waals surface area contributed by atoms with Gasteiger partial charge in [-0.15, -0.1) is 6.58 Å². The molecule has 0 bridgehead atoms. The molecule has 2 aromatic rings. The number of aromatic amines is 1.